The Kier molecular flexibility index (Phi) is 4.85. The summed E-state index contributed by atoms with van der Waals surface area (Å²) in [5, 5.41) is 38.6. The lowest BCUT2D eigenvalue weighted by Gasteiger charge is -2.28. The number of carbonyl (C=O) groups excluding carboxylic acids is 1. The van der Waals surface area contributed by atoms with Crippen LogP contribution in [0.3, 0.4) is 0 Å². The Labute approximate surface area is 176 Å². The number of fused-ring (bicyclic) bond motifs is 1. The summed E-state index contributed by atoms with van der Waals surface area (Å²) in [7, 11) is 0. The van der Waals surface area contributed by atoms with Gasteiger partial charge >= 0.3 is 5.69 Å². The van der Waals surface area contributed by atoms with Crippen LogP contribution in [-0.4, -0.2) is 36.1 Å². The van der Waals surface area contributed by atoms with Crippen LogP contribution in [0, 0.1) is 24.0 Å². The van der Waals surface area contributed by atoms with Crippen LogP contribution in [0.5, 0.6) is 5.75 Å². The second kappa shape index (κ2) is 7.52. The number of nitro benzene ring substituents is 1. The van der Waals surface area contributed by atoms with Gasteiger partial charge in [-0.25, -0.2) is 0 Å². The third-order valence-corrected chi connectivity index (χ3v) is 5.32. The number of phenolic OH excluding ortho intramolecular Hbond substituents is 1. The van der Waals surface area contributed by atoms with Crippen LogP contribution in [0.1, 0.15) is 29.7 Å². The number of nitrogens with zero attached hydrogens (tertiary/aromatic N) is 5. The lowest BCUT2D eigenvalue weighted by molar-refractivity contribution is -0.385. The summed E-state index contributed by atoms with van der Waals surface area (Å²) in [6.45, 7) is 5.56. The summed E-state index contributed by atoms with van der Waals surface area (Å²) in [4.78, 5) is 24.0. The molecule has 0 spiro atoms. The van der Waals surface area contributed by atoms with Crippen molar-refractivity contribution in [1.29, 1.82) is 0 Å². The molecule has 11 nitrogen and oxygen atoms in total. The number of amides is 1. The quantitative estimate of drug-likeness (QED) is 0.430. The molecule has 1 aliphatic heterocycles. The molecule has 0 saturated heterocycles. The molecule has 1 aliphatic rings. The third kappa shape index (κ3) is 3.45. The van der Waals surface area contributed by atoms with Crippen LogP contribution in [-0.2, 0) is 4.79 Å². The van der Waals surface area contributed by atoms with Crippen LogP contribution in [0.2, 0.25) is 0 Å². The topological polar surface area (TPSA) is 148 Å². The van der Waals surface area contributed by atoms with Gasteiger partial charge in [0, 0.05) is 17.5 Å². The number of allylic oxidation sites excluding steroid dienone is 1. The maximum Gasteiger partial charge on any atom is 0.311 e. The minimum Gasteiger partial charge on any atom is -0.502 e. The van der Waals surface area contributed by atoms with E-state index in [2.05, 4.69) is 26.2 Å². The Bertz CT molecular complexity index is 1250. The zero-order chi connectivity index (χ0) is 22.3. The molecule has 11 heteroatoms. The van der Waals surface area contributed by atoms with E-state index in [0.717, 1.165) is 11.1 Å². The van der Waals surface area contributed by atoms with Gasteiger partial charge < -0.3 is 15.7 Å². The van der Waals surface area contributed by atoms with Crippen molar-refractivity contribution in [1.82, 2.24) is 20.2 Å². The molecule has 0 radical (unpaired) electrons. The fourth-order valence-electron chi connectivity index (χ4n) is 3.55. The van der Waals surface area contributed by atoms with Gasteiger partial charge in [0.1, 0.15) is 6.04 Å². The van der Waals surface area contributed by atoms with E-state index >= 15 is 0 Å². The molecule has 0 aliphatic carbocycles. The second-order valence-corrected chi connectivity index (χ2v) is 7.22. The highest BCUT2D eigenvalue weighted by Gasteiger charge is 2.35. The van der Waals surface area contributed by atoms with Crippen LogP contribution in [0.25, 0.3) is 0 Å². The molecular formula is C20H19N7O4. The molecule has 2 heterocycles. The highest BCUT2D eigenvalue weighted by molar-refractivity contribution is 6.06. The summed E-state index contributed by atoms with van der Waals surface area (Å²) in [5.74, 6) is -0.580. The van der Waals surface area contributed by atoms with Gasteiger partial charge in [0.25, 0.3) is 5.91 Å². The zero-order valence-corrected chi connectivity index (χ0v) is 16.9. The van der Waals surface area contributed by atoms with E-state index in [-0.39, 0.29) is 0 Å². The van der Waals surface area contributed by atoms with Gasteiger partial charge in [-0.05, 0) is 60.0 Å². The number of aromatic nitrogens is 4. The average Bonchev–Trinajstić information content (AvgIpc) is 3.18. The van der Waals surface area contributed by atoms with Gasteiger partial charge in [-0.15, -0.1) is 0 Å². The maximum atomic E-state index is 13.4. The molecule has 0 saturated carbocycles. The largest absolute Gasteiger partial charge is 0.502 e. The van der Waals surface area contributed by atoms with E-state index in [4.69, 9.17) is 0 Å². The van der Waals surface area contributed by atoms with Gasteiger partial charge in [0.2, 0.25) is 5.95 Å². The fourth-order valence-corrected chi connectivity index (χ4v) is 3.55. The fraction of sp³-hybridized carbons (Fsp3) is 0.200. The van der Waals surface area contributed by atoms with Crippen molar-refractivity contribution < 1.29 is 14.8 Å². The van der Waals surface area contributed by atoms with Crippen molar-refractivity contribution in [3.8, 4) is 5.75 Å². The first-order valence-corrected chi connectivity index (χ1v) is 9.38. The summed E-state index contributed by atoms with van der Waals surface area (Å²) >= 11 is 0. The maximum absolute atomic E-state index is 13.4. The first-order chi connectivity index (χ1) is 14.8. The van der Waals surface area contributed by atoms with E-state index in [9.17, 15) is 20.0 Å². The van der Waals surface area contributed by atoms with E-state index in [1.807, 2.05) is 26.0 Å². The molecule has 3 aromatic rings. The minimum absolute atomic E-state index is 0.292. The molecule has 0 bridgehead atoms. The molecule has 3 N–H and O–H groups in total. The van der Waals surface area contributed by atoms with Crippen molar-refractivity contribution in [3.63, 3.8) is 0 Å². The Morgan fingerprint density at radius 2 is 2.03 bits per heavy atom. The highest BCUT2D eigenvalue weighted by Crippen LogP contribution is 2.38. The third-order valence-electron chi connectivity index (χ3n) is 5.32. The molecule has 1 atom stereocenters. The standard InChI is InChI=1S/C20H19N7O4/c1-10-5-4-6-14(11(10)2)22-19(29)17-12(3)21-20-23-24-25-26(20)18(17)13-7-8-16(28)15(9-13)27(30)31/h4-9,18,28H,1-3H3,(H,22,29)(H,21,23,25). The number of hydrogen-bond donors (Lipinski definition) is 3. The SMILES string of the molecule is CC1=C(C(=O)Nc2cccc(C)c2C)C(c2ccc(O)c([N+](=O)[O-])c2)n2nnnc2N1. The second-order valence-electron chi connectivity index (χ2n) is 7.22. The minimum atomic E-state index is -0.837. The molecule has 1 aromatic heterocycles. The molecule has 158 valence electrons. The van der Waals surface area contributed by atoms with Crippen molar-refractivity contribution >= 4 is 23.2 Å². The van der Waals surface area contributed by atoms with Crippen molar-refractivity contribution in [2.45, 2.75) is 26.8 Å². The number of aromatic hydroxyl groups is 1. The molecule has 2 aromatic carbocycles. The van der Waals surface area contributed by atoms with E-state index in [1.165, 1.54) is 22.9 Å². The molecule has 4 rings (SSSR count). The first-order valence-electron chi connectivity index (χ1n) is 9.38. The molecular weight excluding hydrogens is 402 g/mol. The van der Waals surface area contributed by atoms with Crippen LogP contribution in [0.15, 0.2) is 47.7 Å². The van der Waals surface area contributed by atoms with Crippen LogP contribution in [0.4, 0.5) is 17.3 Å². The number of phenols is 1. The van der Waals surface area contributed by atoms with E-state index in [0.29, 0.717) is 28.5 Å². The predicted octanol–water partition coefficient (Wildman–Crippen LogP) is 2.83. The van der Waals surface area contributed by atoms with Gasteiger partial charge in [0.15, 0.2) is 5.75 Å². The Morgan fingerprint density at radius 3 is 2.77 bits per heavy atom. The number of benzene rings is 2. The van der Waals surface area contributed by atoms with Crippen molar-refractivity contribution in [3.05, 3.63) is 74.5 Å². The number of tetrazole rings is 1. The molecule has 31 heavy (non-hydrogen) atoms. The number of hydrogen-bond acceptors (Lipinski definition) is 8. The molecule has 1 unspecified atom stereocenters. The van der Waals surface area contributed by atoms with Crippen LogP contribution < -0.4 is 10.6 Å². The van der Waals surface area contributed by atoms with Gasteiger partial charge in [-0.3, -0.25) is 14.9 Å². The monoisotopic (exact) mass is 421 g/mol. The number of nitro groups is 1. The Balaban J connectivity index is 1.82. The molecule has 1 amide bonds. The Morgan fingerprint density at radius 1 is 1.26 bits per heavy atom. The number of anilines is 2. The summed E-state index contributed by atoms with van der Waals surface area (Å²) in [6, 6.07) is 8.69. The first kappa shape index (κ1) is 20.0. The Hall–Kier alpha value is -4.28. The summed E-state index contributed by atoms with van der Waals surface area (Å²) in [6.07, 6.45) is 0. The lowest BCUT2D eigenvalue weighted by Crippen LogP contribution is -2.31. The average molecular weight is 421 g/mol. The zero-order valence-electron chi connectivity index (χ0n) is 16.9. The summed E-state index contributed by atoms with van der Waals surface area (Å²) < 4.78 is 1.38. The number of rotatable bonds is 4. The highest BCUT2D eigenvalue weighted by atomic mass is 16.6. The number of nitrogens with one attached hydrogen (secondary N) is 2. The molecule has 0 fully saturated rings. The van der Waals surface area contributed by atoms with Crippen molar-refractivity contribution in [2.75, 3.05) is 10.6 Å². The van der Waals surface area contributed by atoms with Gasteiger partial charge in [-0.1, -0.05) is 23.3 Å². The lowest BCUT2D eigenvalue weighted by atomic mass is 9.94. The predicted molar refractivity (Wildman–Crippen MR) is 112 cm³/mol. The van der Waals surface area contributed by atoms with Crippen LogP contribution >= 0.6 is 0 Å². The van der Waals surface area contributed by atoms with E-state index in [1.54, 1.807) is 13.0 Å². The van der Waals surface area contributed by atoms with Crippen molar-refractivity contribution in [2.24, 2.45) is 0 Å². The normalized spacial score (nSPS) is 15.3. The summed E-state index contributed by atoms with van der Waals surface area (Å²) in [5.41, 5.74) is 3.31. The van der Waals surface area contributed by atoms with Gasteiger partial charge in [-0.2, -0.15) is 4.68 Å². The smallest absolute Gasteiger partial charge is 0.311 e. The van der Waals surface area contributed by atoms with Gasteiger partial charge in [0.05, 0.1) is 10.5 Å². The number of aryl methyl sites for hydroxylation is 1. The number of carbonyl (C=O) groups is 1. The van der Waals surface area contributed by atoms with E-state index < -0.39 is 28.3 Å².